The molecular weight excluding hydrogens is 254 g/mol. The van der Waals surface area contributed by atoms with Crippen LogP contribution in [0.15, 0.2) is 4.60 Å². The number of nitrogens with zero attached hydrogens (tertiary/aromatic N) is 2. The summed E-state index contributed by atoms with van der Waals surface area (Å²) in [6.07, 6.45) is 5.32. The Labute approximate surface area is 99.4 Å². The normalized spacial score (nSPS) is 17.5. The Kier molecular flexibility index (Phi) is 3.46. The molecule has 4 heteroatoms. The van der Waals surface area contributed by atoms with E-state index < -0.39 is 0 Å². The van der Waals surface area contributed by atoms with Gasteiger partial charge in [-0.3, -0.25) is 0 Å². The number of hydrogen-bond acceptors (Lipinski definition) is 2. The van der Waals surface area contributed by atoms with Gasteiger partial charge in [-0.25, -0.2) is 4.98 Å². The molecule has 15 heavy (non-hydrogen) atoms. The summed E-state index contributed by atoms with van der Waals surface area (Å²) in [5.74, 6) is 1.93. The van der Waals surface area contributed by atoms with Gasteiger partial charge in [0.05, 0.1) is 5.69 Å². The van der Waals surface area contributed by atoms with Gasteiger partial charge >= 0.3 is 0 Å². The predicted octanol–water partition coefficient (Wildman–Crippen LogP) is 2.56. The van der Waals surface area contributed by atoms with Gasteiger partial charge in [-0.1, -0.05) is 12.8 Å². The third kappa shape index (κ3) is 2.11. The van der Waals surface area contributed by atoms with Crippen LogP contribution in [0.4, 0.5) is 0 Å². The fraction of sp³-hybridized carbons (Fsp3) is 0.727. The van der Waals surface area contributed by atoms with E-state index in [9.17, 15) is 0 Å². The smallest absolute Gasteiger partial charge is 0.112 e. The molecular formula is C11H18BrN3. The van der Waals surface area contributed by atoms with Gasteiger partial charge < -0.3 is 9.88 Å². The summed E-state index contributed by atoms with van der Waals surface area (Å²) in [6.45, 7) is 0.834. The molecule has 0 atom stereocenters. The second-order valence-corrected chi connectivity index (χ2v) is 5.03. The zero-order valence-corrected chi connectivity index (χ0v) is 11.0. The van der Waals surface area contributed by atoms with Crippen molar-refractivity contribution >= 4 is 15.9 Å². The average molecular weight is 272 g/mol. The maximum absolute atomic E-state index is 4.73. The molecule has 0 saturated heterocycles. The minimum atomic E-state index is 0.678. The van der Waals surface area contributed by atoms with Crippen LogP contribution in [0, 0.1) is 0 Å². The molecule has 1 aliphatic rings. The molecule has 84 valence electrons. The van der Waals surface area contributed by atoms with Crippen LogP contribution < -0.4 is 5.32 Å². The molecule has 1 heterocycles. The highest BCUT2D eigenvalue weighted by molar-refractivity contribution is 9.10. The van der Waals surface area contributed by atoms with Crippen LogP contribution in [0.5, 0.6) is 0 Å². The SMILES string of the molecule is CNCc1nc(C2CCCC2)n(C)c1Br. The predicted molar refractivity (Wildman–Crippen MR) is 64.9 cm³/mol. The van der Waals surface area contributed by atoms with E-state index in [1.165, 1.54) is 31.5 Å². The van der Waals surface area contributed by atoms with E-state index in [4.69, 9.17) is 4.98 Å². The zero-order chi connectivity index (χ0) is 10.8. The van der Waals surface area contributed by atoms with Gasteiger partial charge in [0.2, 0.25) is 0 Å². The molecule has 0 aromatic carbocycles. The fourth-order valence-electron chi connectivity index (χ4n) is 2.38. The summed E-state index contributed by atoms with van der Waals surface area (Å²) in [5.41, 5.74) is 1.13. The van der Waals surface area contributed by atoms with Crippen LogP contribution >= 0.6 is 15.9 Å². The molecule has 0 amide bonds. The third-order valence-electron chi connectivity index (χ3n) is 3.19. The molecule has 1 aliphatic carbocycles. The summed E-state index contributed by atoms with van der Waals surface area (Å²) in [4.78, 5) is 4.73. The summed E-state index contributed by atoms with van der Waals surface area (Å²) < 4.78 is 3.32. The minimum absolute atomic E-state index is 0.678. The quantitative estimate of drug-likeness (QED) is 0.916. The molecule has 1 aromatic heterocycles. The van der Waals surface area contributed by atoms with Gasteiger partial charge in [-0.05, 0) is 35.8 Å². The molecule has 0 unspecified atom stereocenters. The fourth-order valence-corrected chi connectivity index (χ4v) is 2.79. The van der Waals surface area contributed by atoms with E-state index >= 15 is 0 Å². The van der Waals surface area contributed by atoms with Gasteiger partial charge in [0.1, 0.15) is 10.4 Å². The van der Waals surface area contributed by atoms with Gasteiger partial charge in [0.25, 0.3) is 0 Å². The van der Waals surface area contributed by atoms with Crippen LogP contribution in [-0.2, 0) is 13.6 Å². The van der Waals surface area contributed by atoms with E-state index in [0.717, 1.165) is 16.8 Å². The molecule has 1 fully saturated rings. The highest BCUT2D eigenvalue weighted by atomic mass is 79.9. The lowest BCUT2D eigenvalue weighted by Gasteiger charge is -2.08. The van der Waals surface area contributed by atoms with Gasteiger partial charge in [0.15, 0.2) is 0 Å². The Bertz CT molecular complexity index is 340. The lowest BCUT2D eigenvalue weighted by atomic mass is 10.1. The summed E-state index contributed by atoms with van der Waals surface area (Å²) >= 11 is 3.61. The maximum Gasteiger partial charge on any atom is 0.112 e. The molecule has 1 aromatic rings. The van der Waals surface area contributed by atoms with Crippen molar-refractivity contribution < 1.29 is 0 Å². The number of imidazole rings is 1. The van der Waals surface area contributed by atoms with Gasteiger partial charge in [-0.2, -0.15) is 0 Å². The van der Waals surface area contributed by atoms with Crippen molar-refractivity contribution in [2.75, 3.05) is 7.05 Å². The standard InChI is InChI=1S/C11H18BrN3/c1-13-7-9-10(12)15(2)11(14-9)8-5-3-4-6-8/h8,13H,3-7H2,1-2H3. The first-order valence-electron chi connectivity index (χ1n) is 5.59. The monoisotopic (exact) mass is 271 g/mol. The zero-order valence-electron chi connectivity index (χ0n) is 9.39. The second kappa shape index (κ2) is 4.66. The van der Waals surface area contributed by atoms with Crippen molar-refractivity contribution in [3.63, 3.8) is 0 Å². The minimum Gasteiger partial charge on any atom is -0.325 e. The van der Waals surface area contributed by atoms with Crippen LogP contribution in [0.3, 0.4) is 0 Å². The topological polar surface area (TPSA) is 29.9 Å². The van der Waals surface area contributed by atoms with E-state index in [0.29, 0.717) is 5.92 Å². The van der Waals surface area contributed by atoms with Gasteiger partial charge in [-0.15, -0.1) is 0 Å². The second-order valence-electron chi connectivity index (χ2n) is 4.28. The molecule has 1 N–H and O–H groups in total. The lowest BCUT2D eigenvalue weighted by molar-refractivity contribution is 0.628. The number of nitrogens with one attached hydrogen (secondary N) is 1. The highest BCUT2D eigenvalue weighted by Crippen LogP contribution is 2.35. The summed E-state index contributed by atoms with van der Waals surface area (Å²) in [6, 6.07) is 0. The number of aromatic nitrogens is 2. The van der Waals surface area contributed by atoms with Crippen molar-refractivity contribution in [2.45, 2.75) is 38.1 Å². The largest absolute Gasteiger partial charge is 0.325 e. The molecule has 0 spiro atoms. The number of hydrogen-bond donors (Lipinski definition) is 1. The Morgan fingerprint density at radius 3 is 2.73 bits per heavy atom. The van der Waals surface area contributed by atoms with Crippen molar-refractivity contribution in [1.82, 2.24) is 14.9 Å². The first-order valence-corrected chi connectivity index (χ1v) is 6.39. The average Bonchev–Trinajstić information content (AvgIpc) is 2.82. The summed E-state index contributed by atoms with van der Waals surface area (Å²) in [7, 11) is 4.06. The molecule has 0 aliphatic heterocycles. The van der Waals surface area contributed by atoms with Gasteiger partial charge in [0, 0.05) is 19.5 Å². The Balaban J connectivity index is 2.27. The molecule has 0 bridgehead atoms. The molecule has 3 nitrogen and oxygen atoms in total. The van der Waals surface area contributed by atoms with E-state index in [2.05, 4.69) is 32.9 Å². The van der Waals surface area contributed by atoms with Crippen molar-refractivity contribution in [1.29, 1.82) is 0 Å². The first-order chi connectivity index (χ1) is 7.24. The van der Waals surface area contributed by atoms with E-state index in [1.807, 2.05) is 7.05 Å². The van der Waals surface area contributed by atoms with Crippen molar-refractivity contribution in [3.05, 3.63) is 16.1 Å². The number of halogens is 1. The van der Waals surface area contributed by atoms with Crippen molar-refractivity contribution in [3.8, 4) is 0 Å². The van der Waals surface area contributed by atoms with Crippen molar-refractivity contribution in [2.24, 2.45) is 7.05 Å². The third-order valence-corrected chi connectivity index (χ3v) is 4.18. The highest BCUT2D eigenvalue weighted by Gasteiger charge is 2.23. The Morgan fingerprint density at radius 2 is 2.13 bits per heavy atom. The number of rotatable bonds is 3. The lowest BCUT2D eigenvalue weighted by Crippen LogP contribution is -2.06. The Morgan fingerprint density at radius 1 is 1.47 bits per heavy atom. The first kappa shape index (κ1) is 11.1. The van der Waals surface area contributed by atoms with Crippen LogP contribution in [0.25, 0.3) is 0 Å². The maximum atomic E-state index is 4.73. The summed E-state index contributed by atoms with van der Waals surface area (Å²) in [5, 5.41) is 3.15. The molecule has 1 saturated carbocycles. The van der Waals surface area contributed by atoms with Crippen LogP contribution in [0.1, 0.15) is 43.1 Å². The van der Waals surface area contributed by atoms with E-state index in [-0.39, 0.29) is 0 Å². The molecule has 2 rings (SSSR count). The van der Waals surface area contributed by atoms with E-state index in [1.54, 1.807) is 0 Å². The Hall–Kier alpha value is -0.350. The molecule has 0 radical (unpaired) electrons. The van der Waals surface area contributed by atoms with Crippen LogP contribution in [-0.4, -0.2) is 16.6 Å². The van der Waals surface area contributed by atoms with Crippen LogP contribution in [0.2, 0.25) is 0 Å².